The lowest BCUT2D eigenvalue weighted by atomic mass is 10.0. The molecule has 33 heavy (non-hydrogen) atoms. The second-order valence-corrected chi connectivity index (χ2v) is 7.93. The summed E-state index contributed by atoms with van der Waals surface area (Å²) in [7, 11) is 0. The largest absolute Gasteiger partial charge is 0.399 e. The molecule has 0 saturated carbocycles. The van der Waals surface area contributed by atoms with Gasteiger partial charge in [0.2, 0.25) is 0 Å². The van der Waals surface area contributed by atoms with Crippen LogP contribution in [0.15, 0.2) is 67.8 Å². The number of fused-ring (bicyclic) bond motifs is 1. The zero-order chi connectivity index (χ0) is 24.1. The number of allylic oxidation sites excluding steroid dienone is 1. The summed E-state index contributed by atoms with van der Waals surface area (Å²) in [4.78, 5) is 17.1. The van der Waals surface area contributed by atoms with E-state index in [9.17, 15) is 0 Å². The molecular formula is C27H32N6. The second-order valence-electron chi connectivity index (χ2n) is 7.93. The first-order valence-electron chi connectivity index (χ1n) is 11.2. The van der Waals surface area contributed by atoms with Crippen molar-refractivity contribution >= 4 is 28.1 Å². The number of nitrogens with two attached hydrogens (primary N) is 1. The van der Waals surface area contributed by atoms with Crippen molar-refractivity contribution in [1.29, 1.82) is 0 Å². The first-order valence-corrected chi connectivity index (χ1v) is 11.2. The van der Waals surface area contributed by atoms with Gasteiger partial charge >= 0.3 is 0 Å². The Bertz CT molecular complexity index is 1280. The maximum Gasteiger partial charge on any atom is 0.161 e. The van der Waals surface area contributed by atoms with E-state index in [0.29, 0.717) is 17.1 Å². The molecule has 4 N–H and O–H groups in total. The van der Waals surface area contributed by atoms with Crippen LogP contribution in [0.5, 0.6) is 0 Å². The van der Waals surface area contributed by atoms with Crippen molar-refractivity contribution in [3.8, 4) is 11.4 Å². The van der Waals surface area contributed by atoms with Crippen LogP contribution in [0.1, 0.15) is 50.3 Å². The normalized spacial score (nSPS) is 10.6. The first kappa shape index (κ1) is 23.7. The molecule has 0 aliphatic heterocycles. The van der Waals surface area contributed by atoms with Crippen LogP contribution in [0, 0.1) is 6.92 Å². The van der Waals surface area contributed by atoms with E-state index in [2.05, 4.69) is 66.3 Å². The maximum absolute atomic E-state index is 5.91. The molecule has 3 aromatic heterocycles. The number of hydrogen-bond donors (Lipinski definition) is 3. The molecule has 4 rings (SSSR count). The number of aryl methyl sites for hydroxylation is 1. The highest BCUT2D eigenvalue weighted by atomic mass is 15.0. The van der Waals surface area contributed by atoms with E-state index in [-0.39, 0.29) is 5.92 Å². The fraction of sp³-hybridized carbons (Fsp3) is 0.222. The SMILES string of the molecule is C=C(N)C(=C)c1c[nH]c2nccc(Nc3nc(-c4ccc(C)cc4)ncc3C(C)C)c12.CC. The minimum absolute atomic E-state index is 0.247. The van der Waals surface area contributed by atoms with Crippen molar-refractivity contribution < 1.29 is 0 Å². The Morgan fingerprint density at radius 1 is 1.06 bits per heavy atom. The van der Waals surface area contributed by atoms with E-state index < -0.39 is 0 Å². The molecule has 0 fully saturated rings. The van der Waals surface area contributed by atoms with Gasteiger partial charge in [0.15, 0.2) is 5.82 Å². The van der Waals surface area contributed by atoms with Crippen LogP contribution in [0.4, 0.5) is 11.5 Å². The van der Waals surface area contributed by atoms with Crippen LogP contribution in [-0.2, 0) is 0 Å². The summed E-state index contributed by atoms with van der Waals surface area (Å²) in [5.41, 5.74) is 12.6. The molecule has 170 valence electrons. The number of aromatic amines is 1. The van der Waals surface area contributed by atoms with Gasteiger partial charge in [-0.25, -0.2) is 15.0 Å². The lowest BCUT2D eigenvalue weighted by Crippen LogP contribution is -2.05. The van der Waals surface area contributed by atoms with Crippen molar-refractivity contribution in [2.24, 2.45) is 5.73 Å². The number of nitrogens with zero attached hydrogens (tertiary/aromatic N) is 3. The van der Waals surface area contributed by atoms with Gasteiger partial charge in [0.25, 0.3) is 0 Å². The van der Waals surface area contributed by atoms with Crippen molar-refractivity contribution in [3.05, 3.63) is 84.5 Å². The fourth-order valence-corrected chi connectivity index (χ4v) is 3.45. The lowest BCUT2D eigenvalue weighted by Gasteiger charge is -2.16. The molecule has 1 aromatic carbocycles. The summed E-state index contributed by atoms with van der Waals surface area (Å²) in [5, 5.41) is 4.41. The maximum atomic E-state index is 5.91. The molecule has 6 heteroatoms. The number of nitrogens with one attached hydrogen (secondary N) is 2. The summed E-state index contributed by atoms with van der Waals surface area (Å²) in [6, 6.07) is 10.1. The third-order valence-electron chi connectivity index (χ3n) is 5.29. The zero-order valence-corrected chi connectivity index (χ0v) is 20.0. The van der Waals surface area contributed by atoms with Gasteiger partial charge in [0, 0.05) is 41.0 Å². The van der Waals surface area contributed by atoms with E-state index in [0.717, 1.165) is 39.2 Å². The van der Waals surface area contributed by atoms with Crippen molar-refractivity contribution in [2.45, 2.75) is 40.5 Å². The van der Waals surface area contributed by atoms with E-state index in [1.807, 2.05) is 44.4 Å². The summed E-state index contributed by atoms with van der Waals surface area (Å²) in [6.45, 7) is 18.2. The van der Waals surface area contributed by atoms with E-state index in [4.69, 9.17) is 10.7 Å². The molecule has 0 saturated heterocycles. The van der Waals surface area contributed by atoms with E-state index in [1.165, 1.54) is 5.56 Å². The average molecular weight is 441 g/mol. The molecule has 3 heterocycles. The van der Waals surface area contributed by atoms with Gasteiger partial charge in [-0.1, -0.05) is 70.7 Å². The Morgan fingerprint density at radius 2 is 1.76 bits per heavy atom. The number of aromatic nitrogens is 4. The number of benzene rings is 1. The molecule has 0 spiro atoms. The van der Waals surface area contributed by atoms with Gasteiger partial charge in [-0.05, 0) is 24.5 Å². The number of H-pyrrole nitrogens is 1. The van der Waals surface area contributed by atoms with Crippen molar-refractivity contribution in [2.75, 3.05) is 5.32 Å². The topological polar surface area (TPSA) is 92.5 Å². The molecule has 0 radical (unpaired) electrons. The van der Waals surface area contributed by atoms with Gasteiger partial charge in [0.1, 0.15) is 11.5 Å². The van der Waals surface area contributed by atoms with Gasteiger partial charge in [0.05, 0.1) is 11.1 Å². The summed E-state index contributed by atoms with van der Waals surface area (Å²) in [6.07, 6.45) is 5.50. The zero-order valence-electron chi connectivity index (χ0n) is 20.0. The predicted molar refractivity (Wildman–Crippen MR) is 139 cm³/mol. The number of rotatable bonds is 6. The summed E-state index contributed by atoms with van der Waals surface area (Å²) < 4.78 is 0. The molecule has 4 aromatic rings. The quantitative estimate of drug-likeness (QED) is 0.290. The molecular weight excluding hydrogens is 408 g/mol. The minimum Gasteiger partial charge on any atom is -0.399 e. The molecule has 0 aliphatic rings. The monoisotopic (exact) mass is 440 g/mol. The predicted octanol–water partition coefficient (Wildman–Crippen LogP) is 6.71. The Morgan fingerprint density at radius 3 is 2.39 bits per heavy atom. The number of anilines is 2. The molecule has 0 bridgehead atoms. The molecule has 0 amide bonds. The Kier molecular flexibility index (Phi) is 7.28. The van der Waals surface area contributed by atoms with E-state index in [1.54, 1.807) is 6.20 Å². The Hall–Kier alpha value is -3.93. The third-order valence-corrected chi connectivity index (χ3v) is 5.29. The highest BCUT2D eigenvalue weighted by molar-refractivity contribution is 6.02. The number of hydrogen-bond acceptors (Lipinski definition) is 5. The highest BCUT2D eigenvalue weighted by Gasteiger charge is 2.17. The van der Waals surface area contributed by atoms with Gasteiger partial charge in [-0.3, -0.25) is 0 Å². The van der Waals surface area contributed by atoms with Crippen LogP contribution in [0.3, 0.4) is 0 Å². The van der Waals surface area contributed by atoms with Crippen LogP contribution in [0.2, 0.25) is 0 Å². The molecule has 0 atom stereocenters. The number of pyridine rings is 1. The standard InChI is InChI=1S/C25H26N6.C2H6/c1-14(2)19-12-28-23(18-8-6-15(3)7-9-18)31-24(19)30-21-10-11-27-25-22(21)20(13-29-25)16(4)17(5)26;1-2/h6-14H,4-5,26H2,1-3H3,(H2,27,28,29,30,31);1-2H3. The first-order chi connectivity index (χ1) is 15.8. The van der Waals surface area contributed by atoms with Crippen LogP contribution in [0.25, 0.3) is 28.0 Å². The highest BCUT2D eigenvalue weighted by Crippen LogP contribution is 2.34. The third kappa shape index (κ3) is 4.95. The van der Waals surface area contributed by atoms with Gasteiger partial charge in [-0.2, -0.15) is 0 Å². The molecule has 6 nitrogen and oxygen atoms in total. The van der Waals surface area contributed by atoms with E-state index >= 15 is 0 Å². The van der Waals surface area contributed by atoms with Crippen LogP contribution in [-0.4, -0.2) is 19.9 Å². The Balaban J connectivity index is 0.00000149. The van der Waals surface area contributed by atoms with Crippen molar-refractivity contribution in [1.82, 2.24) is 19.9 Å². The second kappa shape index (κ2) is 10.1. The minimum atomic E-state index is 0.247. The smallest absolute Gasteiger partial charge is 0.161 e. The molecule has 0 unspecified atom stereocenters. The van der Waals surface area contributed by atoms with Crippen molar-refractivity contribution in [3.63, 3.8) is 0 Å². The summed E-state index contributed by atoms with van der Waals surface area (Å²) >= 11 is 0. The lowest BCUT2D eigenvalue weighted by molar-refractivity contribution is 0.851. The molecule has 0 aliphatic carbocycles. The van der Waals surface area contributed by atoms with Crippen LogP contribution >= 0.6 is 0 Å². The Labute approximate surface area is 195 Å². The average Bonchev–Trinajstić information content (AvgIpc) is 3.25. The van der Waals surface area contributed by atoms with Gasteiger partial charge < -0.3 is 16.0 Å². The van der Waals surface area contributed by atoms with Crippen LogP contribution < -0.4 is 11.1 Å². The fourth-order valence-electron chi connectivity index (χ4n) is 3.45. The van der Waals surface area contributed by atoms with Gasteiger partial charge in [-0.15, -0.1) is 0 Å². The summed E-state index contributed by atoms with van der Waals surface area (Å²) in [5.74, 6) is 1.68.